The van der Waals surface area contributed by atoms with Crippen LogP contribution in [-0.2, 0) is 6.54 Å². The van der Waals surface area contributed by atoms with Crippen LogP contribution in [0, 0.1) is 5.41 Å². The molecule has 0 unspecified atom stereocenters. The topological polar surface area (TPSA) is 16.4 Å². The number of hydrogen-bond donors (Lipinski definition) is 1. The third-order valence-electron chi connectivity index (χ3n) is 4.44. The maximum absolute atomic E-state index is 5.55. The summed E-state index contributed by atoms with van der Waals surface area (Å²) in [6.45, 7) is 6.72. The van der Waals surface area contributed by atoms with Crippen molar-refractivity contribution in [3.63, 3.8) is 0 Å². The van der Waals surface area contributed by atoms with E-state index in [1.54, 1.807) is 6.26 Å². The van der Waals surface area contributed by atoms with Crippen molar-refractivity contribution in [2.45, 2.75) is 65.0 Å². The number of hydrogen-bond acceptors (Lipinski definition) is 3. The van der Waals surface area contributed by atoms with Gasteiger partial charge in [-0.2, -0.15) is 12.6 Å². The first-order chi connectivity index (χ1) is 9.73. The molecule has 3 heteroatoms. The molecule has 1 fully saturated rings. The second-order valence-corrected chi connectivity index (χ2v) is 6.69. The molecule has 1 aromatic heterocycles. The Morgan fingerprint density at radius 2 is 2.00 bits per heavy atom. The normalized spacial score (nSPS) is 16.0. The smallest absolute Gasteiger partial charge is 0.117 e. The van der Waals surface area contributed by atoms with Crippen molar-refractivity contribution < 1.29 is 4.42 Å². The van der Waals surface area contributed by atoms with Crippen LogP contribution in [-0.4, -0.2) is 23.2 Å². The highest BCUT2D eigenvalue weighted by Crippen LogP contribution is 2.37. The third-order valence-corrected chi connectivity index (χ3v) is 5.11. The molecular formula is C17H29NOS. The van der Waals surface area contributed by atoms with Crippen LogP contribution in [0.2, 0.25) is 0 Å². The Balaban J connectivity index is 2.03. The Kier molecular flexibility index (Phi) is 6.03. The molecule has 0 spiro atoms. The summed E-state index contributed by atoms with van der Waals surface area (Å²) in [5.41, 5.74) is 0.377. The van der Waals surface area contributed by atoms with E-state index in [1.165, 1.54) is 45.1 Å². The van der Waals surface area contributed by atoms with E-state index < -0.39 is 0 Å². The highest BCUT2D eigenvalue weighted by Gasteiger charge is 2.36. The fourth-order valence-corrected chi connectivity index (χ4v) is 3.76. The lowest BCUT2D eigenvalue weighted by atomic mass is 9.80. The van der Waals surface area contributed by atoms with Gasteiger partial charge in [-0.3, -0.25) is 4.90 Å². The average Bonchev–Trinajstić information content (AvgIpc) is 3.17. The quantitative estimate of drug-likeness (QED) is 0.626. The molecule has 0 aromatic carbocycles. The molecule has 0 bridgehead atoms. The molecule has 0 saturated heterocycles. The lowest BCUT2D eigenvalue weighted by Gasteiger charge is -2.37. The summed E-state index contributed by atoms with van der Waals surface area (Å²) in [6, 6.07) is 4.86. The van der Waals surface area contributed by atoms with Crippen LogP contribution in [0.1, 0.15) is 58.1 Å². The van der Waals surface area contributed by atoms with Crippen LogP contribution in [0.15, 0.2) is 22.8 Å². The minimum atomic E-state index is 0.377. The summed E-state index contributed by atoms with van der Waals surface area (Å²) in [7, 11) is 0. The molecule has 1 heterocycles. The van der Waals surface area contributed by atoms with Gasteiger partial charge in [0.05, 0.1) is 12.8 Å². The first-order valence-corrected chi connectivity index (χ1v) is 8.73. The summed E-state index contributed by atoms with van der Waals surface area (Å²) in [5.74, 6) is 2.09. The van der Waals surface area contributed by atoms with E-state index in [2.05, 4.69) is 24.8 Å². The predicted molar refractivity (Wildman–Crippen MR) is 88.2 cm³/mol. The average molecular weight is 295 g/mol. The Bertz CT molecular complexity index is 366. The van der Waals surface area contributed by atoms with Crippen molar-refractivity contribution in [1.82, 2.24) is 4.90 Å². The summed E-state index contributed by atoms with van der Waals surface area (Å²) in [6.07, 6.45) is 9.55. The maximum atomic E-state index is 5.55. The monoisotopic (exact) mass is 295 g/mol. The highest BCUT2D eigenvalue weighted by atomic mass is 32.1. The molecular weight excluding hydrogens is 266 g/mol. The number of nitrogens with zero attached hydrogens (tertiary/aromatic N) is 1. The fourth-order valence-electron chi connectivity index (χ4n) is 3.34. The molecule has 1 aromatic rings. The van der Waals surface area contributed by atoms with Gasteiger partial charge in [-0.15, -0.1) is 0 Å². The summed E-state index contributed by atoms with van der Waals surface area (Å²) in [4.78, 5) is 2.64. The molecule has 114 valence electrons. The van der Waals surface area contributed by atoms with Gasteiger partial charge in [0.2, 0.25) is 0 Å². The summed E-state index contributed by atoms with van der Waals surface area (Å²) in [5, 5.41) is 0. The molecule has 1 aliphatic rings. The minimum absolute atomic E-state index is 0.377. The van der Waals surface area contributed by atoms with Crippen molar-refractivity contribution in [2.24, 2.45) is 5.41 Å². The van der Waals surface area contributed by atoms with Crippen molar-refractivity contribution in [1.29, 1.82) is 0 Å². The Hall–Kier alpha value is -0.410. The highest BCUT2D eigenvalue weighted by molar-refractivity contribution is 7.80. The van der Waals surface area contributed by atoms with Gasteiger partial charge in [-0.25, -0.2) is 0 Å². The summed E-state index contributed by atoms with van der Waals surface area (Å²) >= 11 is 4.70. The molecule has 20 heavy (non-hydrogen) atoms. The van der Waals surface area contributed by atoms with E-state index in [9.17, 15) is 0 Å². The zero-order chi connectivity index (χ0) is 14.4. The first-order valence-electron chi connectivity index (χ1n) is 8.10. The van der Waals surface area contributed by atoms with Crippen LogP contribution in [0.5, 0.6) is 0 Å². The van der Waals surface area contributed by atoms with Gasteiger partial charge in [-0.05, 0) is 49.0 Å². The minimum Gasteiger partial charge on any atom is -0.468 e. The van der Waals surface area contributed by atoms with Gasteiger partial charge in [0, 0.05) is 12.6 Å². The molecule has 0 aliphatic heterocycles. The van der Waals surface area contributed by atoms with Crippen LogP contribution in [0.4, 0.5) is 0 Å². The van der Waals surface area contributed by atoms with E-state index in [0.29, 0.717) is 5.41 Å². The SMILES string of the molecule is CCCC(CS)(CCC)CN(Cc1ccco1)C1CC1. The van der Waals surface area contributed by atoms with Crippen LogP contribution >= 0.6 is 12.6 Å². The number of furan rings is 1. The standard InChI is InChI=1S/C17H29NOS/c1-3-9-17(14-20,10-4-2)13-18(15-7-8-15)12-16-6-5-11-19-16/h5-6,11,15,20H,3-4,7-10,12-14H2,1-2H3. The molecule has 0 radical (unpaired) electrons. The Morgan fingerprint density at radius 3 is 2.45 bits per heavy atom. The molecule has 0 N–H and O–H groups in total. The van der Waals surface area contributed by atoms with Crippen molar-refractivity contribution in [2.75, 3.05) is 12.3 Å². The number of thiol groups is 1. The van der Waals surface area contributed by atoms with Gasteiger partial charge in [0.15, 0.2) is 0 Å². The molecule has 0 atom stereocenters. The van der Waals surface area contributed by atoms with Gasteiger partial charge < -0.3 is 4.42 Å². The Labute approximate surface area is 129 Å². The lowest BCUT2D eigenvalue weighted by molar-refractivity contribution is 0.126. The fraction of sp³-hybridized carbons (Fsp3) is 0.765. The third kappa shape index (κ3) is 4.29. The summed E-state index contributed by atoms with van der Waals surface area (Å²) < 4.78 is 5.55. The lowest BCUT2D eigenvalue weighted by Crippen LogP contribution is -2.40. The van der Waals surface area contributed by atoms with Crippen molar-refractivity contribution >= 4 is 12.6 Å². The van der Waals surface area contributed by atoms with Gasteiger partial charge in [0.25, 0.3) is 0 Å². The zero-order valence-electron chi connectivity index (χ0n) is 13.0. The van der Waals surface area contributed by atoms with Crippen LogP contribution < -0.4 is 0 Å². The second kappa shape index (κ2) is 7.56. The molecule has 2 nitrogen and oxygen atoms in total. The van der Waals surface area contributed by atoms with E-state index in [1.807, 2.05) is 6.07 Å². The van der Waals surface area contributed by atoms with E-state index >= 15 is 0 Å². The molecule has 2 rings (SSSR count). The van der Waals surface area contributed by atoms with Gasteiger partial charge in [0.1, 0.15) is 5.76 Å². The zero-order valence-corrected chi connectivity index (χ0v) is 13.9. The number of rotatable bonds is 10. The van der Waals surface area contributed by atoms with Gasteiger partial charge in [-0.1, -0.05) is 26.7 Å². The molecule has 1 saturated carbocycles. The maximum Gasteiger partial charge on any atom is 0.117 e. The second-order valence-electron chi connectivity index (χ2n) is 6.37. The first kappa shape index (κ1) is 16.0. The van der Waals surface area contributed by atoms with Crippen LogP contribution in [0.3, 0.4) is 0 Å². The largest absolute Gasteiger partial charge is 0.468 e. The van der Waals surface area contributed by atoms with E-state index in [-0.39, 0.29) is 0 Å². The van der Waals surface area contributed by atoms with E-state index in [0.717, 1.165) is 24.1 Å². The van der Waals surface area contributed by atoms with Gasteiger partial charge >= 0.3 is 0 Å². The van der Waals surface area contributed by atoms with Crippen molar-refractivity contribution in [3.8, 4) is 0 Å². The van der Waals surface area contributed by atoms with Crippen molar-refractivity contribution in [3.05, 3.63) is 24.2 Å². The predicted octanol–water partition coefficient (Wildman–Crippen LogP) is 4.76. The van der Waals surface area contributed by atoms with E-state index in [4.69, 9.17) is 17.0 Å². The molecule has 0 amide bonds. The molecule has 1 aliphatic carbocycles. The Morgan fingerprint density at radius 1 is 1.30 bits per heavy atom. The van der Waals surface area contributed by atoms with Crippen LogP contribution in [0.25, 0.3) is 0 Å².